The molecular formula is C24H29N3O2. The van der Waals surface area contributed by atoms with Gasteiger partial charge in [0, 0.05) is 19.9 Å². The van der Waals surface area contributed by atoms with Crippen LogP contribution in [0.5, 0.6) is 5.75 Å². The number of aryl methyl sites for hydroxylation is 1. The van der Waals surface area contributed by atoms with Crippen LogP contribution in [0.3, 0.4) is 0 Å². The molecule has 152 valence electrons. The number of nitrogens with two attached hydrogens (primary N) is 1. The number of rotatable bonds is 1. The van der Waals surface area contributed by atoms with Crippen LogP contribution in [0.15, 0.2) is 47.5 Å². The molecule has 0 amide bonds. The molecule has 2 atom stereocenters. The molecule has 0 saturated heterocycles. The van der Waals surface area contributed by atoms with Crippen LogP contribution in [-0.4, -0.2) is 23.7 Å². The second kappa shape index (κ2) is 6.49. The van der Waals surface area contributed by atoms with E-state index in [0.717, 1.165) is 37.0 Å². The maximum atomic E-state index is 6.78. The number of guanidine groups is 1. The highest BCUT2D eigenvalue weighted by Gasteiger charge is 2.54. The van der Waals surface area contributed by atoms with E-state index in [2.05, 4.69) is 56.3 Å². The lowest BCUT2D eigenvalue weighted by atomic mass is 9.78. The van der Waals surface area contributed by atoms with Crippen LogP contribution >= 0.6 is 0 Å². The summed E-state index contributed by atoms with van der Waals surface area (Å²) < 4.78 is 6.78. The summed E-state index contributed by atoms with van der Waals surface area (Å²) in [5, 5.41) is 1.59. The van der Waals surface area contributed by atoms with Crippen molar-refractivity contribution in [1.29, 1.82) is 0 Å². The SMILES string of the molecule is CC(C)c1ccc2c(c1)C1(CC3(CCCc4ccccc4C3)O2)N=C(N)N(C)O1. The summed E-state index contributed by atoms with van der Waals surface area (Å²) in [6.45, 7) is 4.39. The average Bonchev–Trinajstić information content (AvgIpc) is 2.85. The molecule has 5 nitrogen and oxygen atoms in total. The zero-order valence-electron chi connectivity index (χ0n) is 17.4. The standard InChI is InChI=1S/C24H29N3O2/c1-16(2)18-10-11-21-20(13-18)24(26-22(25)27(3)29-24)15-23(28-21)12-6-9-17-7-4-5-8-19(17)14-23/h4-5,7-8,10-11,13,16H,6,9,12,14-15H2,1-3H3,(H2,25,26). The first-order chi connectivity index (χ1) is 13.9. The first-order valence-corrected chi connectivity index (χ1v) is 10.6. The highest BCUT2D eigenvalue weighted by molar-refractivity contribution is 5.78. The van der Waals surface area contributed by atoms with E-state index in [0.29, 0.717) is 18.3 Å². The molecule has 0 bridgehead atoms. The molecule has 2 heterocycles. The van der Waals surface area contributed by atoms with Crippen LogP contribution in [0.25, 0.3) is 0 Å². The van der Waals surface area contributed by atoms with Crippen molar-refractivity contribution in [3.63, 3.8) is 0 Å². The highest BCUT2D eigenvalue weighted by atomic mass is 16.7. The molecule has 29 heavy (non-hydrogen) atoms. The monoisotopic (exact) mass is 391 g/mol. The van der Waals surface area contributed by atoms with Gasteiger partial charge in [-0.2, -0.15) is 0 Å². The zero-order valence-corrected chi connectivity index (χ0v) is 17.4. The third-order valence-corrected chi connectivity index (χ3v) is 6.59. The summed E-state index contributed by atoms with van der Waals surface area (Å²) >= 11 is 0. The van der Waals surface area contributed by atoms with Crippen LogP contribution in [0.2, 0.25) is 0 Å². The number of ether oxygens (including phenoxy) is 1. The third-order valence-electron chi connectivity index (χ3n) is 6.59. The van der Waals surface area contributed by atoms with Gasteiger partial charge in [-0.1, -0.05) is 44.2 Å². The minimum absolute atomic E-state index is 0.353. The van der Waals surface area contributed by atoms with Crippen molar-refractivity contribution < 1.29 is 9.57 Å². The van der Waals surface area contributed by atoms with Crippen LogP contribution in [0.4, 0.5) is 0 Å². The maximum Gasteiger partial charge on any atom is 0.222 e. The van der Waals surface area contributed by atoms with E-state index in [9.17, 15) is 0 Å². The Morgan fingerprint density at radius 2 is 1.93 bits per heavy atom. The summed E-state index contributed by atoms with van der Waals surface area (Å²) in [6, 6.07) is 15.2. The van der Waals surface area contributed by atoms with Crippen molar-refractivity contribution in [3.8, 4) is 5.75 Å². The molecular weight excluding hydrogens is 362 g/mol. The summed E-state index contributed by atoms with van der Waals surface area (Å²) in [6.07, 6.45) is 4.66. The van der Waals surface area contributed by atoms with Gasteiger partial charge in [0.2, 0.25) is 11.7 Å². The van der Waals surface area contributed by atoms with Gasteiger partial charge >= 0.3 is 0 Å². The van der Waals surface area contributed by atoms with Gasteiger partial charge in [0.05, 0.1) is 5.56 Å². The molecule has 2 spiro atoms. The fraction of sp³-hybridized carbons (Fsp3) is 0.458. The summed E-state index contributed by atoms with van der Waals surface area (Å²) in [5.41, 5.74) is 10.0. The quantitative estimate of drug-likeness (QED) is 0.789. The van der Waals surface area contributed by atoms with Crippen LogP contribution in [0.1, 0.15) is 61.3 Å². The molecule has 2 aromatic rings. The molecule has 5 heteroatoms. The van der Waals surface area contributed by atoms with E-state index in [1.807, 2.05) is 7.05 Å². The Bertz CT molecular complexity index is 986. The van der Waals surface area contributed by atoms with Gasteiger partial charge in [0.15, 0.2) is 0 Å². The van der Waals surface area contributed by atoms with Gasteiger partial charge in [-0.3, -0.25) is 0 Å². The molecule has 1 aliphatic carbocycles. The van der Waals surface area contributed by atoms with Gasteiger partial charge in [-0.05, 0) is 54.0 Å². The molecule has 3 aliphatic rings. The molecule has 0 saturated carbocycles. The number of nitrogens with zero attached hydrogens (tertiary/aromatic N) is 2. The number of aliphatic imine (C=N–C) groups is 1. The van der Waals surface area contributed by atoms with E-state index in [1.165, 1.54) is 16.7 Å². The second-order valence-corrected chi connectivity index (χ2v) is 9.01. The highest BCUT2D eigenvalue weighted by Crippen LogP contribution is 2.52. The number of hydroxylamine groups is 2. The summed E-state index contributed by atoms with van der Waals surface area (Å²) in [5.74, 6) is 1.70. The van der Waals surface area contributed by atoms with Gasteiger partial charge in [0.1, 0.15) is 11.4 Å². The van der Waals surface area contributed by atoms with E-state index < -0.39 is 5.72 Å². The topological polar surface area (TPSA) is 60.1 Å². The molecule has 2 aliphatic heterocycles. The molecule has 2 N–H and O–H groups in total. The van der Waals surface area contributed by atoms with Gasteiger partial charge in [0.25, 0.3) is 0 Å². The molecule has 2 aromatic carbocycles. The van der Waals surface area contributed by atoms with Crippen LogP contribution in [0, 0.1) is 0 Å². The number of fused-ring (bicyclic) bond motifs is 3. The normalized spacial score (nSPS) is 28.1. The van der Waals surface area contributed by atoms with Crippen LogP contribution in [-0.2, 0) is 23.4 Å². The minimum Gasteiger partial charge on any atom is -0.486 e. The lowest BCUT2D eigenvalue weighted by Gasteiger charge is -2.45. The van der Waals surface area contributed by atoms with Crippen molar-refractivity contribution >= 4 is 5.96 Å². The smallest absolute Gasteiger partial charge is 0.222 e. The Morgan fingerprint density at radius 3 is 2.66 bits per heavy atom. The molecule has 2 unspecified atom stereocenters. The Kier molecular flexibility index (Phi) is 4.14. The largest absolute Gasteiger partial charge is 0.486 e. The van der Waals surface area contributed by atoms with Gasteiger partial charge < -0.3 is 10.5 Å². The minimum atomic E-state index is -0.823. The molecule has 0 fully saturated rings. The second-order valence-electron chi connectivity index (χ2n) is 9.01. The predicted octanol–water partition coefficient (Wildman–Crippen LogP) is 4.25. The Morgan fingerprint density at radius 1 is 1.14 bits per heavy atom. The first-order valence-electron chi connectivity index (χ1n) is 10.6. The van der Waals surface area contributed by atoms with Gasteiger partial charge in [-0.15, -0.1) is 0 Å². The van der Waals surface area contributed by atoms with Crippen molar-refractivity contribution in [2.45, 2.75) is 63.2 Å². The van der Waals surface area contributed by atoms with Crippen LogP contribution < -0.4 is 10.5 Å². The molecule has 5 rings (SSSR count). The lowest BCUT2D eigenvalue weighted by Crippen LogP contribution is -2.49. The average molecular weight is 392 g/mol. The summed E-state index contributed by atoms with van der Waals surface area (Å²) in [7, 11) is 1.82. The third kappa shape index (κ3) is 2.99. The predicted molar refractivity (Wildman–Crippen MR) is 114 cm³/mol. The van der Waals surface area contributed by atoms with E-state index in [1.54, 1.807) is 5.06 Å². The fourth-order valence-corrected chi connectivity index (χ4v) is 5.08. The van der Waals surface area contributed by atoms with Crippen molar-refractivity contribution in [2.75, 3.05) is 7.05 Å². The molecule has 0 aromatic heterocycles. The number of benzene rings is 2. The van der Waals surface area contributed by atoms with E-state index in [-0.39, 0.29) is 5.60 Å². The van der Waals surface area contributed by atoms with E-state index in [4.69, 9.17) is 20.3 Å². The molecule has 0 radical (unpaired) electrons. The zero-order chi connectivity index (χ0) is 20.2. The van der Waals surface area contributed by atoms with Crippen molar-refractivity contribution in [1.82, 2.24) is 5.06 Å². The van der Waals surface area contributed by atoms with E-state index >= 15 is 0 Å². The lowest BCUT2D eigenvalue weighted by molar-refractivity contribution is -0.205. The van der Waals surface area contributed by atoms with Crippen molar-refractivity contribution in [2.24, 2.45) is 10.7 Å². The van der Waals surface area contributed by atoms with Crippen molar-refractivity contribution in [3.05, 3.63) is 64.7 Å². The first kappa shape index (κ1) is 18.5. The summed E-state index contributed by atoms with van der Waals surface area (Å²) in [4.78, 5) is 11.2. The van der Waals surface area contributed by atoms with Gasteiger partial charge in [-0.25, -0.2) is 14.9 Å². The number of hydrogen-bond acceptors (Lipinski definition) is 5. The Balaban J connectivity index is 1.64. The fourth-order valence-electron chi connectivity index (χ4n) is 5.08. The maximum absolute atomic E-state index is 6.78. The number of hydrogen-bond donors (Lipinski definition) is 1. The Labute approximate surface area is 172 Å². The Hall–Kier alpha value is -2.53.